The molecule has 12 rings (SSSR count). The minimum atomic E-state index is 0.895. The van der Waals surface area contributed by atoms with Gasteiger partial charge in [0, 0.05) is 47.7 Å². The van der Waals surface area contributed by atoms with Crippen LogP contribution < -0.4 is 4.90 Å². The Morgan fingerprint density at radius 3 is 1.80 bits per heavy atom. The smallest absolute Gasteiger partial charge is 0.136 e. The Balaban J connectivity index is 1.06. The van der Waals surface area contributed by atoms with Crippen LogP contribution >= 0.6 is 11.3 Å². The molecule has 276 valence electrons. The molecule has 0 aliphatic carbocycles. The fraction of sp³-hybridized carbons (Fsp3) is 0. The third-order valence-electron chi connectivity index (χ3n) is 11.9. The van der Waals surface area contributed by atoms with Crippen molar-refractivity contribution in [1.82, 2.24) is 0 Å². The second-order valence-electron chi connectivity index (χ2n) is 15.2. The van der Waals surface area contributed by atoms with Crippen LogP contribution in [0.4, 0.5) is 17.1 Å². The van der Waals surface area contributed by atoms with Gasteiger partial charge in [0.15, 0.2) is 0 Å². The van der Waals surface area contributed by atoms with Gasteiger partial charge in [0.1, 0.15) is 11.2 Å². The van der Waals surface area contributed by atoms with Gasteiger partial charge in [-0.3, -0.25) is 0 Å². The van der Waals surface area contributed by atoms with Crippen molar-refractivity contribution in [3.63, 3.8) is 0 Å². The van der Waals surface area contributed by atoms with Gasteiger partial charge in [-0.05, 0) is 104 Å². The first-order chi connectivity index (χ1) is 29.3. The third-order valence-corrected chi connectivity index (χ3v) is 13.0. The van der Waals surface area contributed by atoms with E-state index in [2.05, 4.69) is 211 Å². The van der Waals surface area contributed by atoms with Gasteiger partial charge in [-0.2, -0.15) is 0 Å². The summed E-state index contributed by atoms with van der Waals surface area (Å²) in [6.07, 6.45) is 0. The van der Waals surface area contributed by atoms with Crippen molar-refractivity contribution in [2.45, 2.75) is 0 Å². The molecule has 0 saturated heterocycles. The molecule has 0 fully saturated rings. The van der Waals surface area contributed by atoms with E-state index >= 15 is 0 Å². The highest BCUT2D eigenvalue weighted by molar-refractivity contribution is 7.26. The summed E-state index contributed by atoms with van der Waals surface area (Å²) < 4.78 is 8.95. The quantitative estimate of drug-likeness (QED) is 0.167. The topological polar surface area (TPSA) is 16.4 Å². The SMILES string of the molecule is c1ccc(-c2cccc3cccc(-c4ccc(N(c5cccc(-c6cccc7oc8ccccc8c67)c5)c5cccc6c5ccc5sc7ccccc7c56)cc4)c23)cc1. The normalized spacial score (nSPS) is 11.7. The second-order valence-corrected chi connectivity index (χ2v) is 16.3. The highest BCUT2D eigenvalue weighted by Crippen LogP contribution is 2.46. The molecule has 3 heteroatoms. The van der Waals surface area contributed by atoms with Crippen molar-refractivity contribution in [1.29, 1.82) is 0 Å². The first kappa shape index (κ1) is 33.7. The van der Waals surface area contributed by atoms with E-state index in [0.717, 1.165) is 50.1 Å². The lowest BCUT2D eigenvalue weighted by Gasteiger charge is -2.28. The molecule has 2 aromatic heterocycles. The number of fused-ring (bicyclic) bond motifs is 9. The summed E-state index contributed by atoms with van der Waals surface area (Å²) in [5.41, 5.74) is 12.2. The average molecular weight is 770 g/mol. The van der Waals surface area contributed by atoms with E-state index < -0.39 is 0 Å². The third kappa shape index (κ3) is 5.47. The van der Waals surface area contributed by atoms with Crippen molar-refractivity contribution in [2.75, 3.05) is 4.90 Å². The lowest BCUT2D eigenvalue weighted by molar-refractivity contribution is 0.669. The maximum atomic E-state index is 6.34. The fourth-order valence-electron chi connectivity index (χ4n) is 9.24. The number of furan rings is 1. The number of benzene rings is 10. The molecule has 10 aromatic carbocycles. The van der Waals surface area contributed by atoms with E-state index in [4.69, 9.17) is 4.42 Å². The largest absolute Gasteiger partial charge is 0.456 e. The Morgan fingerprint density at radius 1 is 0.339 bits per heavy atom. The molecule has 0 aliphatic rings. The summed E-state index contributed by atoms with van der Waals surface area (Å²) in [7, 11) is 0. The van der Waals surface area contributed by atoms with Crippen molar-refractivity contribution in [3.05, 3.63) is 212 Å². The highest BCUT2D eigenvalue weighted by atomic mass is 32.1. The Morgan fingerprint density at radius 2 is 0.966 bits per heavy atom. The molecule has 59 heavy (non-hydrogen) atoms. The lowest BCUT2D eigenvalue weighted by Crippen LogP contribution is -2.10. The maximum absolute atomic E-state index is 6.34. The van der Waals surface area contributed by atoms with Crippen molar-refractivity contribution in [2.24, 2.45) is 0 Å². The summed E-state index contributed by atoms with van der Waals surface area (Å²) in [4.78, 5) is 2.43. The number of rotatable bonds is 6. The zero-order valence-corrected chi connectivity index (χ0v) is 32.8. The summed E-state index contributed by atoms with van der Waals surface area (Å²) in [5, 5.41) is 9.85. The Hall–Kier alpha value is -7.46. The van der Waals surface area contributed by atoms with Gasteiger partial charge in [0.2, 0.25) is 0 Å². The second kappa shape index (κ2) is 13.6. The minimum absolute atomic E-state index is 0.895. The molecule has 2 nitrogen and oxygen atoms in total. The first-order valence-corrected chi connectivity index (χ1v) is 20.9. The molecular weight excluding hydrogens is 735 g/mol. The van der Waals surface area contributed by atoms with Crippen molar-refractivity contribution < 1.29 is 4.42 Å². The van der Waals surface area contributed by atoms with E-state index in [0.29, 0.717) is 0 Å². The van der Waals surface area contributed by atoms with Gasteiger partial charge < -0.3 is 9.32 Å². The number of hydrogen-bond acceptors (Lipinski definition) is 3. The molecule has 0 spiro atoms. The number of anilines is 3. The number of para-hydroxylation sites is 1. The standard InChI is InChI=1S/C56H35NOS/c1-2-13-36(14-3-1)42-21-9-15-38-16-10-22-43(54(38)42)37-29-31-40(32-30-37)57(49-25-11-24-46-45(49)33-34-53-56(46)48-20-5-7-28-52(48)59-53)41-18-8-17-39(35-41)44-23-12-27-51-55(44)47-19-4-6-26-50(47)58-51/h1-35H. The van der Waals surface area contributed by atoms with Crippen LogP contribution in [0.2, 0.25) is 0 Å². The molecule has 0 atom stereocenters. The van der Waals surface area contributed by atoms with Crippen LogP contribution in [0, 0.1) is 0 Å². The summed E-state index contributed by atoms with van der Waals surface area (Å²) in [6.45, 7) is 0. The highest BCUT2D eigenvalue weighted by Gasteiger charge is 2.20. The van der Waals surface area contributed by atoms with Crippen LogP contribution in [0.15, 0.2) is 217 Å². The molecule has 0 amide bonds. The van der Waals surface area contributed by atoms with E-state index in [1.165, 1.54) is 64.0 Å². The molecular formula is C56H35NOS. The minimum Gasteiger partial charge on any atom is -0.456 e. The van der Waals surface area contributed by atoms with Crippen LogP contribution in [-0.4, -0.2) is 0 Å². The lowest BCUT2D eigenvalue weighted by atomic mass is 9.91. The summed E-state index contributed by atoms with van der Waals surface area (Å²) in [6, 6.07) is 77.0. The molecule has 0 bridgehead atoms. The van der Waals surface area contributed by atoms with Gasteiger partial charge in [-0.25, -0.2) is 0 Å². The van der Waals surface area contributed by atoms with Gasteiger partial charge >= 0.3 is 0 Å². The monoisotopic (exact) mass is 769 g/mol. The van der Waals surface area contributed by atoms with Crippen molar-refractivity contribution >= 4 is 92.1 Å². The molecule has 0 saturated carbocycles. The predicted octanol–water partition coefficient (Wildman–Crippen LogP) is 16.7. The van der Waals surface area contributed by atoms with Crippen molar-refractivity contribution in [3.8, 4) is 33.4 Å². The number of thiophene rings is 1. The van der Waals surface area contributed by atoms with Crippen LogP contribution in [0.3, 0.4) is 0 Å². The molecule has 0 aliphatic heterocycles. The van der Waals surface area contributed by atoms with Crippen LogP contribution in [0.25, 0.3) is 97.0 Å². The Labute approximate surface area is 345 Å². The maximum Gasteiger partial charge on any atom is 0.136 e. The van der Waals surface area contributed by atoms with E-state index in [9.17, 15) is 0 Å². The van der Waals surface area contributed by atoms with Gasteiger partial charge in [0.05, 0.1) is 5.69 Å². The molecule has 12 aromatic rings. The molecule has 2 heterocycles. The zero-order chi connectivity index (χ0) is 38.9. The number of hydrogen-bond donors (Lipinski definition) is 0. The van der Waals surface area contributed by atoms with Crippen LogP contribution in [0.5, 0.6) is 0 Å². The van der Waals surface area contributed by atoms with Crippen LogP contribution in [0.1, 0.15) is 0 Å². The zero-order valence-electron chi connectivity index (χ0n) is 32.0. The molecule has 0 unspecified atom stereocenters. The van der Waals surface area contributed by atoms with Gasteiger partial charge in [-0.1, -0.05) is 158 Å². The fourth-order valence-corrected chi connectivity index (χ4v) is 10.4. The number of nitrogens with zero attached hydrogens (tertiary/aromatic N) is 1. The van der Waals surface area contributed by atoms with E-state index in [1.54, 1.807) is 0 Å². The van der Waals surface area contributed by atoms with E-state index in [-0.39, 0.29) is 0 Å². The van der Waals surface area contributed by atoms with Gasteiger partial charge in [-0.15, -0.1) is 11.3 Å². The predicted molar refractivity (Wildman–Crippen MR) is 253 cm³/mol. The molecule has 0 N–H and O–H groups in total. The first-order valence-electron chi connectivity index (χ1n) is 20.1. The van der Waals surface area contributed by atoms with E-state index in [1.807, 2.05) is 17.4 Å². The van der Waals surface area contributed by atoms with Crippen LogP contribution in [-0.2, 0) is 0 Å². The van der Waals surface area contributed by atoms with Gasteiger partial charge in [0.25, 0.3) is 0 Å². The summed E-state index contributed by atoms with van der Waals surface area (Å²) in [5.74, 6) is 0. The average Bonchev–Trinajstić information content (AvgIpc) is 3.88. The molecule has 0 radical (unpaired) electrons. The Bertz CT molecular complexity index is 3550. The summed E-state index contributed by atoms with van der Waals surface area (Å²) >= 11 is 1.86. The Kier molecular flexibility index (Phi) is 7.75.